The predicted octanol–water partition coefficient (Wildman–Crippen LogP) is 4.60. The van der Waals surface area contributed by atoms with Crippen LogP contribution in [0.5, 0.6) is 0 Å². The van der Waals surface area contributed by atoms with Gasteiger partial charge in [-0.05, 0) is 45.0 Å². The molecule has 0 aliphatic heterocycles. The number of benzene rings is 1. The number of hydrogen-bond acceptors (Lipinski definition) is 9. The largest absolute Gasteiger partial charge is 0.463 e. The summed E-state index contributed by atoms with van der Waals surface area (Å²) in [6.07, 6.45) is 2.73. The highest BCUT2D eigenvalue weighted by atomic mass is 32.2. The summed E-state index contributed by atoms with van der Waals surface area (Å²) in [5.41, 5.74) is 3.99. The van der Waals surface area contributed by atoms with Gasteiger partial charge in [0.1, 0.15) is 5.82 Å². The van der Waals surface area contributed by atoms with Gasteiger partial charge < -0.3 is 15.5 Å². The van der Waals surface area contributed by atoms with E-state index in [0.717, 1.165) is 17.0 Å². The molecule has 166 valence electrons. The first-order valence-electron chi connectivity index (χ1n) is 9.99. The van der Waals surface area contributed by atoms with Crippen molar-refractivity contribution in [2.75, 3.05) is 12.4 Å². The van der Waals surface area contributed by atoms with E-state index in [9.17, 15) is 4.79 Å². The third-order valence-electron chi connectivity index (χ3n) is 4.23. The van der Waals surface area contributed by atoms with Gasteiger partial charge in [0.15, 0.2) is 0 Å². The first-order valence-corrected chi connectivity index (χ1v) is 10.8. The summed E-state index contributed by atoms with van der Waals surface area (Å²) in [5, 5.41) is 10.9. The van der Waals surface area contributed by atoms with Crippen LogP contribution in [0.3, 0.4) is 0 Å². The zero-order valence-corrected chi connectivity index (χ0v) is 19.3. The molecule has 0 spiro atoms. The molecule has 32 heavy (non-hydrogen) atoms. The summed E-state index contributed by atoms with van der Waals surface area (Å²) in [6.45, 7) is 7.11. The van der Waals surface area contributed by atoms with Gasteiger partial charge in [0.05, 0.1) is 18.5 Å². The minimum Gasteiger partial charge on any atom is -0.463 e. The zero-order chi connectivity index (χ0) is 23.1. The Kier molecular flexibility index (Phi) is 7.55. The molecule has 0 atom stereocenters. The van der Waals surface area contributed by atoms with Gasteiger partial charge in [-0.2, -0.15) is 0 Å². The normalized spacial score (nSPS) is 11.1. The van der Waals surface area contributed by atoms with Gasteiger partial charge in [-0.15, -0.1) is 0 Å². The molecule has 3 aromatic rings. The number of aromatic nitrogens is 3. The standard InChI is InChI=1S/C23H26N6O2S/c1-23(2,3)32-26-14-17-6-5-7-18(27-17)15-8-9-16(13-24)19(12-15)28-20-10-11-25-21(29-20)22(30)31-4/h5-13,24,26H,14H2,1-4H3,(H,25,28,29). The van der Waals surface area contributed by atoms with Crippen LogP contribution < -0.4 is 10.0 Å². The summed E-state index contributed by atoms with van der Waals surface area (Å²) in [7, 11) is 1.28. The zero-order valence-electron chi connectivity index (χ0n) is 18.5. The molecule has 9 heteroatoms. The van der Waals surface area contributed by atoms with Gasteiger partial charge in [0, 0.05) is 40.5 Å². The van der Waals surface area contributed by atoms with E-state index in [1.54, 1.807) is 18.0 Å². The smallest absolute Gasteiger partial charge is 0.376 e. The molecule has 0 fully saturated rings. The Balaban J connectivity index is 1.85. The van der Waals surface area contributed by atoms with Crippen molar-refractivity contribution in [1.82, 2.24) is 19.7 Å². The number of hydrogen-bond donors (Lipinski definition) is 3. The van der Waals surface area contributed by atoms with Crippen LogP contribution in [0.4, 0.5) is 11.5 Å². The van der Waals surface area contributed by atoms with Crippen molar-refractivity contribution in [2.24, 2.45) is 0 Å². The number of ether oxygens (including phenoxy) is 1. The molecule has 0 radical (unpaired) electrons. The lowest BCUT2D eigenvalue weighted by atomic mass is 10.1. The van der Waals surface area contributed by atoms with Gasteiger partial charge in [-0.25, -0.2) is 14.8 Å². The van der Waals surface area contributed by atoms with Crippen molar-refractivity contribution in [1.29, 1.82) is 5.41 Å². The average molecular weight is 451 g/mol. The van der Waals surface area contributed by atoms with Crippen molar-refractivity contribution >= 4 is 35.6 Å². The number of nitrogens with one attached hydrogen (secondary N) is 3. The first-order chi connectivity index (χ1) is 15.3. The number of nitrogens with zero attached hydrogens (tertiary/aromatic N) is 3. The maximum Gasteiger partial charge on any atom is 0.376 e. The van der Waals surface area contributed by atoms with Crippen LogP contribution in [-0.2, 0) is 11.3 Å². The first kappa shape index (κ1) is 23.4. The van der Waals surface area contributed by atoms with Crippen LogP contribution in [0, 0.1) is 5.41 Å². The molecule has 3 rings (SSSR count). The van der Waals surface area contributed by atoms with Crippen molar-refractivity contribution < 1.29 is 9.53 Å². The third kappa shape index (κ3) is 6.35. The van der Waals surface area contributed by atoms with Crippen molar-refractivity contribution in [2.45, 2.75) is 32.1 Å². The van der Waals surface area contributed by atoms with E-state index in [1.807, 2.05) is 36.4 Å². The Bertz CT molecular complexity index is 1110. The van der Waals surface area contributed by atoms with Crippen LogP contribution in [0.25, 0.3) is 11.3 Å². The molecule has 0 amide bonds. The van der Waals surface area contributed by atoms with Crippen LogP contribution in [0.1, 0.15) is 42.6 Å². The second-order valence-electron chi connectivity index (χ2n) is 7.88. The fourth-order valence-electron chi connectivity index (χ4n) is 2.77. The molecule has 2 heterocycles. The van der Waals surface area contributed by atoms with Crippen LogP contribution >= 0.6 is 11.9 Å². The predicted molar refractivity (Wildman–Crippen MR) is 128 cm³/mol. The number of carbonyl (C=O) groups excluding carboxylic acids is 1. The van der Waals surface area contributed by atoms with E-state index >= 15 is 0 Å². The minimum absolute atomic E-state index is 0.0416. The van der Waals surface area contributed by atoms with E-state index in [0.29, 0.717) is 23.6 Å². The number of rotatable bonds is 8. The highest BCUT2D eigenvalue weighted by Crippen LogP contribution is 2.26. The third-order valence-corrected chi connectivity index (χ3v) is 5.13. The van der Waals surface area contributed by atoms with Crippen molar-refractivity contribution in [3.8, 4) is 11.3 Å². The van der Waals surface area contributed by atoms with E-state index in [4.69, 9.17) is 10.4 Å². The van der Waals surface area contributed by atoms with Gasteiger partial charge in [0.25, 0.3) is 0 Å². The molecule has 0 unspecified atom stereocenters. The maximum absolute atomic E-state index is 11.7. The SMILES string of the molecule is COC(=O)c1nccc(Nc2cc(-c3cccc(CNSC(C)(C)C)n3)ccc2C=N)n1. The number of methoxy groups -OCH3 is 1. The molecule has 8 nitrogen and oxygen atoms in total. The van der Waals surface area contributed by atoms with Crippen LogP contribution in [0.15, 0.2) is 48.7 Å². The van der Waals surface area contributed by atoms with E-state index < -0.39 is 5.97 Å². The molecule has 0 saturated carbocycles. The van der Waals surface area contributed by atoms with E-state index in [2.05, 4.69) is 45.5 Å². The van der Waals surface area contributed by atoms with E-state index in [-0.39, 0.29) is 10.6 Å². The lowest BCUT2D eigenvalue weighted by Crippen LogP contribution is -2.17. The Labute approximate surface area is 191 Å². The second kappa shape index (κ2) is 10.3. The Hall–Kier alpha value is -3.30. The quantitative estimate of drug-likeness (QED) is 0.259. The molecular weight excluding hydrogens is 424 g/mol. The van der Waals surface area contributed by atoms with Crippen molar-refractivity contribution in [3.05, 3.63) is 65.7 Å². The van der Waals surface area contributed by atoms with Gasteiger partial charge >= 0.3 is 5.97 Å². The second-order valence-corrected chi connectivity index (χ2v) is 9.60. The Morgan fingerprint density at radius 1 is 1.19 bits per heavy atom. The molecular formula is C23H26N6O2S. The van der Waals surface area contributed by atoms with Crippen LogP contribution in [-0.4, -0.2) is 39.0 Å². The van der Waals surface area contributed by atoms with E-state index in [1.165, 1.54) is 19.5 Å². The monoisotopic (exact) mass is 450 g/mol. The molecule has 2 aromatic heterocycles. The number of carbonyl (C=O) groups is 1. The van der Waals surface area contributed by atoms with Crippen LogP contribution in [0.2, 0.25) is 0 Å². The fourth-order valence-corrected chi connectivity index (χ4v) is 3.42. The maximum atomic E-state index is 11.7. The number of esters is 1. The topological polar surface area (TPSA) is 113 Å². The summed E-state index contributed by atoms with van der Waals surface area (Å²) in [5.74, 6) is -0.236. The lowest BCUT2D eigenvalue weighted by Gasteiger charge is -2.17. The molecule has 0 aliphatic rings. The Morgan fingerprint density at radius 2 is 2.00 bits per heavy atom. The van der Waals surface area contributed by atoms with Gasteiger partial charge in [-0.3, -0.25) is 9.71 Å². The number of pyridine rings is 1. The molecule has 3 N–H and O–H groups in total. The molecule has 0 aliphatic carbocycles. The van der Waals surface area contributed by atoms with Gasteiger partial charge in [-0.1, -0.05) is 30.1 Å². The molecule has 0 saturated heterocycles. The summed E-state index contributed by atoms with van der Waals surface area (Å²) in [6, 6.07) is 13.2. The fraction of sp³-hybridized carbons (Fsp3) is 0.261. The highest BCUT2D eigenvalue weighted by Gasteiger charge is 2.12. The summed E-state index contributed by atoms with van der Waals surface area (Å²) < 4.78 is 8.16. The van der Waals surface area contributed by atoms with Crippen molar-refractivity contribution in [3.63, 3.8) is 0 Å². The summed E-state index contributed by atoms with van der Waals surface area (Å²) >= 11 is 1.67. The highest BCUT2D eigenvalue weighted by molar-refractivity contribution is 7.98. The molecule has 0 bridgehead atoms. The number of anilines is 2. The lowest BCUT2D eigenvalue weighted by molar-refractivity contribution is 0.0587. The Morgan fingerprint density at radius 3 is 2.72 bits per heavy atom. The molecule has 1 aromatic carbocycles. The summed E-state index contributed by atoms with van der Waals surface area (Å²) in [4.78, 5) is 24.6. The minimum atomic E-state index is -0.617. The average Bonchev–Trinajstić information content (AvgIpc) is 2.78. The van der Waals surface area contributed by atoms with Gasteiger partial charge in [0.2, 0.25) is 5.82 Å².